The molecule has 1 saturated carbocycles. The molecule has 1 aromatic carbocycles. The number of benzene rings is 1. The molecule has 0 aliphatic heterocycles. The molecule has 1 fully saturated rings. The van der Waals surface area contributed by atoms with E-state index in [1.807, 2.05) is 0 Å². The summed E-state index contributed by atoms with van der Waals surface area (Å²) < 4.78 is 27.0. The first-order valence-electron chi connectivity index (χ1n) is 7.39. The van der Waals surface area contributed by atoms with Crippen LogP contribution in [0.15, 0.2) is 18.2 Å². The monoisotopic (exact) mass is 282 g/mol. The van der Waals surface area contributed by atoms with Crippen LogP contribution in [0.2, 0.25) is 0 Å². The summed E-state index contributed by atoms with van der Waals surface area (Å²) in [6, 6.07) is 3.50. The lowest BCUT2D eigenvalue weighted by atomic mass is 9.70. The molecule has 1 unspecified atom stereocenters. The molecule has 2 rings (SSSR count). The molecule has 1 aliphatic carbocycles. The zero-order valence-corrected chi connectivity index (χ0v) is 12.3. The van der Waals surface area contributed by atoms with E-state index in [1.165, 1.54) is 12.1 Å². The van der Waals surface area contributed by atoms with Gasteiger partial charge < -0.3 is 0 Å². The highest BCUT2D eigenvalue weighted by molar-refractivity contribution is 5.24. The molecule has 112 valence electrons. The number of halogens is 2. The van der Waals surface area contributed by atoms with Gasteiger partial charge in [-0.25, -0.2) is 8.78 Å². The lowest BCUT2D eigenvalue weighted by Gasteiger charge is -2.39. The van der Waals surface area contributed by atoms with Crippen LogP contribution in [0.3, 0.4) is 0 Å². The van der Waals surface area contributed by atoms with E-state index in [0.717, 1.165) is 38.2 Å². The number of nitrogens with one attached hydrogen (secondary N) is 1. The Labute approximate surface area is 119 Å². The highest BCUT2D eigenvalue weighted by Gasteiger charge is 2.42. The summed E-state index contributed by atoms with van der Waals surface area (Å²) in [5, 5.41) is 0. The summed E-state index contributed by atoms with van der Waals surface area (Å²) in [5.74, 6) is 5.19. The fraction of sp³-hybridized carbons (Fsp3) is 0.625. The van der Waals surface area contributed by atoms with Gasteiger partial charge in [-0.3, -0.25) is 11.3 Å². The number of hydrogen-bond acceptors (Lipinski definition) is 2. The Kier molecular flexibility index (Phi) is 4.76. The van der Waals surface area contributed by atoms with Crippen molar-refractivity contribution in [2.45, 2.75) is 52.0 Å². The van der Waals surface area contributed by atoms with E-state index in [2.05, 4.69) is 19.3 Å². The summed E-state index contributed by atoms with van der Waals surface area (Å²) in [6.07, 6.45) is 5.43. The molecular formula is C16H24F2N2. The molecule has 3 N–H and O–H groups in total. The SMILES string of the molecule is CC(C)CC1(C(NN)c2cc(F)cc(F)c2)CCCC1. The number of hydrogen-bond donors (Lipinski definition) is 2. The minimum Gasteiger partial charge on any atom is -0.271 e. The van der Waals surface area contributed by atoms with Crippen LogP contribution in [0.1, 0.15) is 57.6 Å². The quantitative estimate of drug-likeness (QED) is 0.631. The zero-order chi connectivity index (χ0) is 14.8. The molecule has 0 radical (unpaired) electrons. The van der Waals surface area contributed by atoms with Gasteiger partial charge in [-0.1, -0.05) is 26.7 Å². The van der Waals surface area contributed by atoms with Crippen molar-refractivity contribution in [3.63, 3.8) is 0 Å². The first kappa shape index (κ1) is 15.4. The largest absolute Gasteiger partial charge is 0.271 e. The molecule has 1 aliphatic rings. The molecule has 2 nitrogen and oxygen atoms in total. The van der Waals surface area contributed by atoms with Gasteiger partial charge in [0.1, 0.15) is 11.6 Å². The van der Waals surface area contributed by atoms with Gasteiger partial charge in [0.05, 0.1) is 6.04 Å². The van der Waals surface area contributed by atoms with Crippen LogP contribution < -0.4 is 11.3 Å². The maximum Gasteiger partial charge on any atom is 0.126 e. The van der Waals surface area contributed by atoms with E-state index in [0.29, 0.717) is 11.5 Å². The standard InChI is InChI=1S/C16H24F2N2/c1-11(2)10-16(5-3-4-6-16)15(20-19)12-7-13(17)9-14(18)8-12/h7-9,11,15,20H,3-6,10,19H2,1-2H3. The van der Waals surface area contributed by atoms with Crippen molar-refractivity contribution in [2.75, 3.05) is 0 Å². The van der Waals surface area contributed by atoms with E-state index in [1.54, 1.807) is 0 Å². The fourth-order valence-electron chi connectivity index (χ4n) is 3.87. The molecule has 0 heterocycles. The molecule has 20 heavy (non-hydrogen) atoms. The fourth-order valence-corrected chi connectivity index (χ4v) is 3.87. The number of hydrazine groups is 1. The van der Waals surface area contributed by atoms with Crippen molar-refractivity contribution < 1.29 is 8.78 Å². The van der Waals surface area contributed by atoms with Crippen LogP contribution in [-0.2, 0) is 0 Å². The van der Waals surface area contributed by atoms with Crippen LogP contribution in [0.4, 0.5) is 8.78 Å². The lowest BCUT2D eigenvalue weighted by molar-refractivity contribution is 0.155. The van der Waals surface area contributed by atoms with Crippen LogP contribution >= 0.6 is 0 Å². The second-order valence-electron chi connectivity index (χ2n) is 6.47. The van der Waals surface area contributed by atoms with E-state index in [-0.39, 0.29) is 11.5 Å². The van der Waals surface area contributed by atoms with Gasteiger partial charge in [0.25, 0.3) is 0 Å². The topological polar surface area (TPSA) is 38.0 Å². The Balaban J connectivity index is 2.37. The first-order chi connectivity index (χ1) is 9.47. The van der Waals surface area contributed by atoms with Gasteiger partial charge in [-0.05, 0) is 48.3 Å². The van der Waals surface area contributed by atoms with Gasteiger partial charge in [0.15, 0.2) is 0 Å². The van der Waals surface area contributed by atoms with Gasteiger partial charge >= 0.3 is 0 Å². The Morgan fingerprint density at radius 3 is 2.15 bits per heavy atom. The third kappa shape index (κ3) is 3.18. The highest BCUT2D eigenvalue weighted by atomic mass is 19.1. The van der Waals surface area contributed by atoms with E-state index >= 15 is 0 Å². The van der Waals surface area contributed by atoms with Crippen LogP contribution in [0.25, 0.3) is 0 Å². The van der Waals surface area contributed by atoms with Crippen molar-refractivity contribution in [3.8, 4) is 0 Å². The molecule has 0 bridgehead atoms. The summed E-state index contributed by atoms with van der Waals surface area (Å²) in [6.45, 7) is 4.36. The minimum absolute atomic E-state index is 0.00313. The van der Waals surface area contributed by atoms with Crippen molar-refractivity contribution >= 4 is 0 Å². The van der Waals surface area contributed by atoms with Crippen LogP contribution in [0, 0.1) is 23.0 Å². The smallest absolute Gasteiger partial charge is 0.126 e. The molecule has 0 amide bonds. The van der Waals surface area contributed by atoms with Gasteiger partial charge in [0, 0.05) is 6.07 Å². The minimum atomic E-state index is -0.544. The third-order valence-electron chi connectivity index (χ3n) is 4.41. The molecular weight excluding hydrogens is 258 g/mol. The molecule has 0 saturated heterocycles. The van der Waals surface area contributed by atoms with E-state index in [9.17, 15) is 8.78 Å². The van der Waals surface area contributed by atoms with Crippen molar-refractivity contribution in [1.29, 1.82) is 0 Å². The molecule has 0 spiro atoms. The molecule has 1 aromatic rings. The predicted molar refractivity (Wildman–Crippen MR) is 76.8 cm³/mol. The normalized spacial score (nSPS) is 19.5. The Bertz CT molecular complexity index is 434. The van der Waals surface area contributed by atoms with E-state index in [4.69, 9.17) is 5.84 Å². The lowest BCUT2D eigenvalue weighted by Crippen LogP contribution is -2.41. The summed E-state index contributed by atoms with van der Waals surface area (Å²) in [5.41, 5.74) is 3.45. The van der Waals surface area contributed by atoms with Crippen LogP contribution in [-0.4, -0.2) is 0 Å². The van der Waals surface area contributed by atoms with Crippen LogP contribution in [0.5, 0.6) is 0 Å². The molecule has 1 atom stereocenters. The van der Waals surface area contributed by atoms with Crippen molar-refractivity contribution in [1.82, 2.24) is 5.43 Å². The summed E-state index contributed by atoms with van der Waals surface area (Å²) in [7, 11) is 0. The molecule has 0 aromatic heterocycles. The first-order valence-corrected chi connectivity index (χ1v) is 7.39. The average molecular weight is 282 g/mol. The highest BCUT2D eigenvalue weighted by Crippen LogP contribution is 2.51. The maximum atomic E-state index is 13.5. The number of rotatable bonds is 5. The van der Waals surface area contributed by atoms with Gasteiger partial charge in [0.2, 0.25) is 0 Å². The Morgan fingerprint density at radius 1 is 1.15 bits per heavy atom. The van der Waals surface area contributed by atoms with E-state index < -0.39 is 11.6 Å². The second-order valence-corrected chi connectivity index (χ2v) is 6.47. The molecule has 4 heteroatoms. The Hall–Kier alpha value is -1.00. The summed E-state index contributed by atoms with van der Waals surface area (Å²) >= 11 is 0. The van der Waals surface area contributed by atoms with Gasteiger partial charge in [-0.15, -0.1) is 0 Å². The van der Waals surface area contributed by atoms with Gasteiger partial charge in [-0.2, -0.15) is 0 Å². The van der Waals surface area contributed by atoms with Crippen molar-refractivity contribution in [3.05, 3.63) is 35.4 Å². The average Bonchev–Trinajstić information content (AvgIpc) is 2.76. The maximum absolute atomic E-state index is 13.5. The predicted octanol–water partition coefficient (Wildman–Crippen LogP) is 4.08. The summed E-state index contributed by atoms with van der Waals surface area (Å²) in [4.78, 5) is 0. The third-order valence-corrected chi connectivity index (χ3v) is 4.41. The Morgan fingerprint density at radius 2 is 1.70 bits per heavy atom. The second kappa shape index (κ2) is 6.19. The number of nitrogens with two attached hydrogens (primary N) is 1. The zero-order valence-electron chi connectivity index (χ0n) is 12.3. The van der Waals surface area contributed by atoms with Crippen molar-refractivity contribution in [2.24, 2.45) is 17.2 Å².